The fraction of sp³-hybridized carbons (Fsp3) is 1.00. The van der Waals surface area contributed by atoms with Crippen LogP contribution in [0.25, 0.3) is 0 Å². The molecule has 1 aliphatic heterocycles. The fourth-order valence-corrected chi connectivity index (χ4v) is 2.12. The Bertz CT molecular complexity index is 171. The zero-order valence-electron chi connectivity index (χ0n) is 10.3. The smallest absolute Gasteiger partial charge is 0.0933 e. The molecule has 2 atom stereocenters. The Hall–Kier alpha value is -0.120. The van der Waals surface area contributed by atoms with Gasteiger partial charge in [-0.15, -0.1) is 0 Å². The van der Waals surface area contributed by atoms with E-state index in [0.717, 1.165) is 25.6 Å². The summed E-state index contributed by atoms with van der Waals surface area (Å²) in [5.74, 6) is 0.782. The second kappa shape index (κ2) is 6.46. The van der Waals surface area contributed by atoms with Crippen molar-refractivity contribution >= 4 is 0 Å². The van der Waals surface area contributed by atoms with E-state index >= 15 is 0 Å². The minimum Gasteiger partial charge on any atom is -0.394 e. The van der Waals surface area contributed by atoms with Crippen LogP contribution in [0.15, 0.2) is 0 Å². The van der Waals surface area contributed by atoms with E-state index in [9.17, 15) is 0 Å². The standard InChI is InChI=1S/C12H25NO2/c1-4-11(5-2)6-13-7-12(8-14)15-9-10(13)3/h10-12,14H,4-9H2,1-3H3. The molecule has 15 heavy (non-hydrogen) atoms. The van der Waals surface area contributed by atoms with Crippen LogP contribution in [0.4, 0.5) is 0 Å². The highest BCUT2D eigenvalue weighted by Gasteiger charge is 2.26. The number of rotatable bonds is 5. The zero-order chi connectivity index (χ0) is 11.3. The summed E-state index contributed by atoms with van der Waals surface area (Å²) < 4.78 is 5.53. The average molecular weight is 215 g/mol. The van der Waals surface area contributed by atoms with Crippen molar-refractivity contribution in [3.8, 4) is 0 Å². The van der Waals surface area contributed by atoms with E-state index in [1.165, 1.54) is 12.8 Å². The van der Waals surface area contributed by atoms with Crippen LogP contribution in [0.1, 0.15) is 33.6 Å². The molecule has 0 radical (unpaired) electrons. The van der Waals surface area contributed by atoms with Gasteiger partial charge in [-0.25, -0.2) is 0 Å². The van der Waals surface area contributed by atoms with Crippen molar-refractivity contribution in [1.82, 2.24) is 4.90 Å². The Morgan fingerprint density at radius 2 is 2.07 bits per heavy atom. The predicted octanol–water partition coefficient (Wildman–Crippen LogP) is 1.50. The van der Waals surface area contributed by atoms with Gasteiger partial charge in [-0.1, -0.05) is 26.7 Å². The molecule has 0 aromatic rings. The number of hydrogen-bond acceptors (Lipinski definition) is 3. The summed E-state index contributed by atoms with van der Waals surface area (Å²) in [6.45, 7) is 9.64. The molecular formula is C12H25NO2. The second-order valence-corrected chi connectivity index (χ2v) is 4.62. The molecule has 2 unspecified atom stereocenters. The van der Waals surface area contributed by atoms with Gasteiger partial charge in [0.2, 0.25) is 0 Å². The van der Waals surface area contributed by atoms with Crippen molar-refractivity contribution < 1.29 is 9.84 Å². The van der Waals surface area contributed by atoms with Crippen LogP contribution in [0.5, 0.6) is 0 Å². The number of hydrogen-bond donors (Lipinski definition) is 1. The van der Waals surface area contributed by atoms with Gasteiger partial charge in [-0.3, -0.25) is 4.90 Å². The minimum absolute atomic E-state index is 0.0237. The summed E-state index contributed by atoms with van der Waals surface area (Å²) >= 11 is 0. The first-order valence-electron chi connectivity index (χ1n) is 6.17. The second-order valence-electron chi connectivity index (χ2n) is 4.62. The third-order valence-electron chi connectivity index (χ3n) is 3.49. The fourth-order valence-electron chi connectivity index (χ4n) is 2.12. The lowest BCUT2D eigenvalue weighted by Crippen LogP contribution is -2.50. The van der Waals surface area contributed by atoms with Crippen LogP contribution >= 0.6 is 0 Å². The Morgan fingerprint density at radius 3 is 2.60 bits per heavy atom. The minimum atomic E-state index is 0.0237. The Balaban J connectivity index is 2.43. The molecular weight excluding hydrogens is 190 g/mol. The van der Waals surface area contributed by atoms with E-state index in [4.69, 9.17) is 9.84 Å². The lowest BCUT2D eigenvalue weighted by Gasteiger charge is -2.39. The van der Waals surface area contributed by atoms with E-state index < -0.39 is 0 Å². The molecule has 3 heteroatoms. The molecule has 3 nitrogen and oxygen atoms in total. The molecule has 0 bridgehead atoms. The van der Waals surface area contributed by atoms with E-state index in [2.05, 4.69) is 25.7 Å². The molecule has 1 heterocycles. The van der Waals surface area contributed by atoms with E-state index in [0.29, 0.717) is 6.04 Å². The third-order valence-corrected chi connectivity index (χ3v) is 3.49. The van der Waals surface area contributed by atoms with Crippen LogP contribution in [-0.4, -0.2) is 48.5 Å². The molecule has 0 spiro atoms. The van der Waals surface area contributed by atoms with Gasteiger partial charge in [0.15, 0.2) is 0 Å². The van der Waals surface area contributed by atoms with Crippen molar-refractivity contribution in [2.75, 3.05) is 26.3 Å². The maximum absolute atomic E-state index is 9.09. The number of nitrogens with zero attached hydrogens (tertiary/aromatic N) is 1. The molecule has 1 aliphatic rings. The molecule has 90 valence electrons. The molecule has 1 rings (SSSR count). The predicted molar refractivity (Wildman–Crippen MR) is 61.9 cm³/mol. The number of ether oxygens (including phenoxy) is 1. The topological polar surface area (TPSA) is 32.7 Å². The number of aliphatic hydroxyl groups excluding tert-OH is 1. The molecule has 1 fully saturated rings. The highest BCUT2D eigenvalue weighted by Crippen LogP contribution is 2.16. The van der Waals surface area contributed by atoms with E-state index in [-0.39, 0.29) is 12.7 Å². The first kappa shape index (κ1) is 12.9. The molecule has 1 saturated heterocycles. The number of morpholine rings is 1. The normalized spacial score (nSPS) is 28.6. The lowest BCUT2D eigenvalue weighted by atomic mass is 10.0. The van der Waals surface area contributed by atoms with Gasteiger partial charge >= 0.3 is 0 Å². The first-order valence-corrected chi connectivity index (χ1v) is 6.17. The molecule has 0 aromatic heterocycles. The van der Waals surface area contributed by atoms with Crippen LogP contribution in [0.2, 0.25) is 0 Å². The van der Waals surface area contributed by atoms with Crippen molar-refractivity contribution in [1.29, 1.82) is 0 Å². The first-order chi connectivity index (χ1) is 7.21. The van der Waals surface area contributed by atoms with Crippen LogP contribution in [0.3, 0.4) is 0 Å². The highest BCUT2D eigenvalue weighted by atomic mass is 16.5. The molecule has 0 amide bonds. The number of aliphatic hydroxyl groups is 1. The molecule has 0 aromatic carbocycles. The van der Waals surface area contributed by atoms with Gasteiger partial charge in [0.25, 0.3) is 0 Å². The Kier molecular flexibility index (Phi) is 5.58. The van der Waals surface area contributed by atoms with Crippen molar-refractivity contribution in [3.05, 3.63) is 0 Å². The van der Waals surface area contributed by atoms with Gasteiger partial charge in [0.1, 0.15) is 0 Å². The van der Waals surface area contributed by atoms with E-state index in [1.54, 1.807) is 0 Å². The molecule has 1 N–H and O–H groups in total. The summed E-state index contributed by atoms with van der Waals surface area (Å²) in [6, 6.07) is 0.494. The van der Waals surface area contributed by atoms with Crippen molar-refractivity contribution in [2.24, 2.45) is 5.92 Å². The van der Waals surface area contributed by atoms with Crippen LogP contribution < -0.4 is 0 Å². The maximum Gasteiger partial charge on any atom is 0.0933 e. The third kappa shape index (κ3) is 3.74. The summed E-state index contributed by atoms with van der Waals surface area (Å²) in [5, 5.41) is 9.09. The SMILES string of the molecule is CCC(CC)CN1CC(CO)OCC1C. The monoisotopic (exact) mass is 215 g/mol. The average Bonchev–Trinajstić information content (AvgIpc) is 2.28. The summed E-state index contributed by atoms with van der Waals surface area (Å²) in [5.41, 5.74) is 0. The summed E-state index contributed by atoms with van der Waals surface area (Å²) in [7, 11) is 0. The van der Waals surface area contributed by atoms with Gasteiger partial charge in [0, 0.05) is 19.1 Å². The Labute approximate surface area is 93.4 Å². The van der Waals surface area contributed by atoms with Crippen molar-refractivity contribution in [2.45, 2.75) is 45.8 Å². The quantitative estimate of drug-likeness (QED) is 0.754. The van der Waals surface area contributed by atoms with E-state index in [1.807, 2.05) is 0 Å². The molecule has 0 aliphatic carbocycles. The maximum atomic E-state index is 9.09. The highest BCUT2D eigenvalue weighted by molar-refractivity contribution is 4.78. The van der Waals surface area contributed by atoms with Gasteiger partial charge < -0.3 is 9.84 Å². The van der Waals surface area contributed by atoms with Crippen LogP contribution in [-0.2, 0) is 4.74 Å². The Morgan fingerprint density at radius 1 is 1.40 bits per heavy atom. The summed E-state index contributed by atoms with van der Waals surface area (Å²) in [4.78, 5) is 2.46. The van der Waals surface area contributed by atoms with Gasteiger partial charge in [-0.2, -0.15) is 0 Å². The largest absolute Gasteiger partial charge is 0.394 e. The van der Waals surface area contributed by atoms with Crippen molar-refractivity contribution in [3.63, 3.8) is 0 Å². The van der Waals surface area contributed by atoms with Crippen LogP contribution in [0, 0.1) is 5.92 Å². The van der Waals surface area contributed by atoms with Gasteiger partial charge in [0.05, 0.1) is 19.3 Å². The zero-order valence-corrected chi connectivity index (χ0v) is 10.3. The molecule has 0 saturated carbocycles. The summed E-state index contributed by atoms with van der Waals surface area (Å²) in [6.07, 6.45) is 2.50. The lowest BCUT2D eigenvalue weighted by molar-refractivity contribution is -0.0816. The van der Waals surface area contributed by atoms with Gasteiger partial charge in [-0.05, 0) is 12.8 Å².